The Morgan fingerprint density at radius 2 is 1.05 bits per heavy atom. The topological polar surface area (TPSA) is 48.6 Å². The molecule has 1 heterocycles. The molecule has 0 amide bonds. The second-order valence-corrected chi connectivity index (χ2v) is 10.1. The molecule has 1 aromatic heterocycles. The molecule has 0 saturated heterocycles. The third-order valence-electron chi connectivity index (χ3n) is 7.61. The van der Waals surface area contributed by atoms with Crippen molar-refractivity contribution >= 4 is 51.4 Å². The van der Waals surface area contributed by atoms with Gasteiger partial charge < -0.3 is 19.5 Å². The Kier molecular flexibility index (Phi) is 6.36. The summed E-state index contributed by atoms with van der Waals surface area (Å²) in [4.78, 5) is 2.24. The van der Waals surface area contributed by atoms with Crippen LogP contribution in [0.2, 0.25) is 0 Å². The van der Waals surface area contributed by atoms with Gasteiger partial charge in [-0.3, -0.25) is 0 Å². The fourth-order valence-corrected chi connectivity index (χ4v) is 5.70. The molecule has 6 aromatic carbocycles. The fraction of sp³-hybridized carbons (Fsp3) is 0. The van der Waals surface area contributed by atoms with Crippen LogP contribution in [0.1, 0.15) is 0 Å². The first-order chi connectivity index (χ1) is 20.2. The monoisotopic (exact) mass is 530 g/mol. The number of hydrogen-bond donors (Lipinski definition) is 2. The second kappa shape index (κ2) is 10.5. The summed E-state index contributed by atoms with van der Waals surface area (Å²) in [6, 6.07) is 51.8. The first-order valence-corrected chi connectivity index (χ1v) is 13.7. The van der Waals surface area contributed by atoms with Gasteiger partial charge >= 0.3 is 7.12 Å². The summed E-state index contributed by atoms with van der Waals surface area (Å²) in [5.74, 6) is 0. The Labute approximate surface area is 239 Å². The fourth-order valence-electron chi connectivity index (χ4n) is 5.70. The van der Waals surface area contributed by atoms with Gasteiger partial charge in [0.05, 0.1) is 16.7 Å². The van der Waals surface area contributed by atoms with E-state index in [1.54, 1.807) is 12.1 Å². The first kappa shape index (κ1) is 24.9. The minimum Gasteiger partial charge on any atom is -0.423 e. The van der Waals surface area contributed by atoms with Gasteiger partial charge in [0.25, 0.3) is 0 Å². The number of hydrogen-bond acceptors (Lipinski definition) is 3. The molecule has 4 nitrogen and oxygen atoms in total. The molecule has 2 N–H and O–H groups in total. The van der Waals surface area contributed by atoms with Gasteiger partial charge in [-0.2, -0.15) is 0 Å². The van der Waals surface area contributed by atoms with E-state index in [9.17, 15) is 10.0 Å². The minimum absolute atomic E-state index is 0.451. The highest BCUT2D eigenvalue weighted by Crippen LogP contribution is 2.43. The predicted molar refractivity (Wildman–Crippen MR) is 171 cm³/mol. The van der Waals surface area contributed by atoms with Crippen LogP contribution in [0.15, 0.2) is 152 Å². The Morgan fingerprint density at radius 3 is 1.73 bits per heavy atom. The van der Waals surface area contributed by atoms with Crippen molar-refractivity contribution in [2.24, 2.45) is 0 Å². The van der Waals surface area contributed by atoms with Crippen molar-refractivity contribution in [3.05, 3.63) is 152 Å². The lowest BCUT2D eigenvalue weighted by molar-refractivity contribution is 0.426. The summed E-state index contributed by atoms with van der Waals surface area (Å²) in [7, 11) is -1.52. The lowest BCUT2D eigenvalue weighted by Crippen LogP contribution is -2.29. The molecule has 196 valence electrons. The number of nitrogens with zero attached hydrogens (tertiary/aromatic N) is 2. The Bertz CT molecular complexity index is 1950. The zero-order chi connectivity index (χ0) is 27.8. The van der Waals surface area contributed by atoms with Crippen LogP contribution in [-0.2, 0) is 0 Å². The molecule has 0 saturated carbocycles. The molecule has 41 heavy (non-hydrogen) atoms. The minimum atomic E-state index is -1.52. The zero-order valence-corrected chi connectivity index (χ0v) is 22.3. The largest absolute Gasteiger partial charge is 0.488 e. The molecule has 0 aliphatic rings. The van der Waals surface area contributed by atoms with E-state index in [0.29, 0.717) is 5.46 Å². The van der Waals surface area contributed by atoms with Crippen LogP contribution in [0.3, 0.4) is 0 Å². The van der Waals surface area contributed by atoms with Gasteiger partial charge in [-0.1, -0.05) is 97.1 Å². The first-order valence-electron chi connectivity index (χ1n) is 13.7. The van der Waals surface area contributed by atoms with Crippen LogP contribution in [0.25, 0.3) is 38.6 Å². The molecule has 0 unspecified atom stereocenters. The molecular formula is C36H27BN2O2. The maximum atomic E-state index is 9.74. The van der Waals surface area contributed by atoms with Crippen molar-refractivity contribution in [3.63, 3.8) is 0 Å². The van der Waals surface area contributed by atoms with Crippen molar-refractivity contribution in [2.75, 3.05) is 4.90 Å². The molecule has 0 aliphatic carbocycles. The van der Waals surface area contributed by atoms with Gasteiger partial charge in [-0.25, -0.2) is 0 Å². The van der Waals surface area contributed by atoms with Crippen LogP contribution < -0.4 is 10.4 Å². The van der Waals surface area contributed by atoms with Crippen LogP contribution >= 0.6 is 0 Å². The second-order valence-electron chi connectivity index (χ2n) is 10.1. The normalized spacial score (nSPS) is 11.2. The number of anilines is 3. The summed E-state index contributed by atoms with van der Waals surface area (Å²) in [5.41, 5.74) is 9.09. The highest BCUT2D eigenvalue weighted by molar-refractivity contribution is 6.58. The van der Waals surface area contributed by atoms with Crippen molar-refractivity contribution in [2.45, 2.75) is 0 Å². The summed E-state index contributed by atoms with van der Waals surface area (Å²) in [5, 5.41) is 21.8. The van der Waals surface area contributed by atoms with Gasteiger partial charge in [0, 0.05) is 27.8 Å². The summed E-state index contributed by atoms with van der Waals surface area (Å²) in [6.45, 7) is 0. The number of fused-ring (bicyclic) bond motifs is 3. The van der Waals surface area contributed by atoms with Crippen molar-refractivity contribution in [1.82, 2.24) is 4.57 Å². The van der Waals surface area contributed by atoms with E-state index >= 15 is 0 Å². The molecule has 0 fully saturated rings. The lowest BCUT2D eigenvalue weighted by Gasteiger charge is -2.27. The average molecular weight is 530 g/mol. The molecule has 0 spiro atoms. The van der Waals surface area contributed by atoms with Gasteiger partial charge in [0.15, 0.2) is 0 Å². The van der Waals surface area contributed by atoms with Gasteiger partial charge in [-0.05, 0) is 71.2 Å². The number of aromatic nitrogens is 1. The SMILES string of the molecule is OB(O)c1ccc(N(c2ccc(-c3ccccc3)cc2)c2cccc3c2c2ccccc2n3-c2ccccc2)cc1. The third kappa shape index (κ3) is 4.47. The average Bonchev–Trinajstić information content (AvgIpc) is 3.38. The standard InChI is InChI=1S/C36H27BN2O2/c40-37(41)28-20-24-31(25-21-28)38(30-22-18-27(19-23-30)26-10-3-1-4-11-26)34-16-9-17-35-36(34)32-14-7-8-15-33(32)39(35)29-12-5-2-6-13-29/h1-25,40-41H. The number of benzene rings is 6. The van der Waals surface area contributed by atoms with Crippen LogP contribution in [0, 0.1) is 0 Å². The van der Waals surface area contributed by atoms with E-state index in [1.807, 2.05) is 24.3 Å². The lowest BCUT2D eigenvalue weighted by atomic mass is 9.80. The third-order valence-corrected chi connectivity index (χ3v) is 7.61. The molecule has 0 bridgehead atoms. The predicted octanol–water partition coefficient (Wildman–Crippen LogP) is 7.60. The van der Waals surface area contributed by atoms with Crippen LogP contribution in [-0.4, -0.2) is 21.7 Å². The maximum absolute atomic E-state index is 9.74. The van der Waals surface area contributed by atoms with Gasteiger partial charge in [0.2, 0.25) is 0 Å². The Morgan fingerprint density at radius 1 is 0.488 bits per heavy atom. The molecule has 5 heteroatoms. The van der Waals surface area contributed by atoms with Crippen LogP contribution in [0.4, 0.5) is 17.1 Å². The van der Waals surface area contributed by atoms with Crippen molar-refractivity contribution in [3.8, 4) is 16.8 Å². The van der Waals surface area contributed by atoms with E-state index in [2.05, 4.69) is 125 Å². The molecule has 7 rings (SSSR count). The smallest absolute Gasteiger partial charge is 0.423 e. The summed E-state index contributed by atoms with van der Waals surface area (Å²) < 4.78 is 2.32. The number of para-hydroxylation sites is 2. The molecule has 0 atom stereocenters. The van der Waals surface area contributed by atoms with Gasteiger partial charge in [-0.15, -0.1) is 0 Å². The zero-order valence-electron chi connectivity index (χ0n) is 22.3. The van der Waals surface area contributed by atoms with Gasteiger partial charge in [0.1, 0.15) is 0 Å². The molecule has 0 radical (unpaired) electrons. The van der Waals surface area contributed by atoms with E-state index in [0.717, 1.165) is 50.1 Å². The molecular weight excluding hydrogens is 503 g/mol. The summed E-state index contributed by atoms with van der Waals surface area (Å²) >= 11 is 0. The van der Waals surface area contributed by atoms with E-state index in [4.69, 9.17) is 0 Å². The molecule has 0 aliphatic heterocycles. The van der Waals surface area contributed by atoms with E-state index in [-0.39, 0.29) is 0 Å². The van der Waals surface area contributed by atoms with Crippen LogP contribution in [0.5, 0.6) is 0 Å². The maximum Gasteiger partial charge on any atom is 0.488 e. The number of rotatable bonds is 6. The van der Waals surface area contributed by atoms with E-state index in [1.165, 1.54) is 5.56 Å². The highest BCUT2D eigenvalue weighted by Gasteiger charge is 2.21. The van der Waals surface area contributed by atoms with E-state index < -0.39 is 7.12 Å². The van der Waals surface area contributed by atoms with Crippen molar-refractivity contribution < 1.29 is 10.0 Å². The Hall–Kier alpha value is -5.10. The highest BCUT2D eigenvalue weighted by atomic mass is 16.4. The molecule has 7 aromatic rings. The Balaban J connectivity index is 1.47. The summed E-state index contributed by atoms with van der Waals surface area (Å²) in [6.07, 6.45) is 0. The van der Waals surface area contributed by atoms with Crippen molar-refractivity contribution in [1.29, 1.82) is 0 Å². The quantitative estimate of drug-likeness (QED) is 0.218.